The van der Waals surface area contributed by atoms with Crippen LogP contribution in [0.5, 0.6) is 0 Å². The molecule has 0 aromatic heterocycles. The van der Waals surface area contributed by atoms with Gasteiger partial charge in [0.1, 0.15) is 11.6 Å². The number of thioether (sulfide) groups is 1. The average Bonchev–Trinajstić information content (AvgIpc) is 2.75. The number of alkyl halides is 2. The number of anilines is 1. The Hall–Kier alpha value is -1.92. The first-order chi connectivity index (χ1) is 15.8. The molecule has 34 heavy (non-hydrogen) atoms. The van der Waals surface area contributed by atoms with Gasteiger partial charge in [0.05, 0.1) is 11.4 Å². The molecule has 0 radical (unpaired) electrons. The van der Waals surface area contributed by atoms with Gasteiger partial charge in [-0.1, -0.05) is 19.3 Å². The standard InChI is InChI=1S/C22H33F2N3O5S2/c1-22(2,3)32-21(29)27-19(14-8-6-5-7-9-14)20(28)26-15-10-11-17(16(12-15)33-4)34(30,31)25-13-18(23)24/h10-12,14,18-19,25H,5-9,13H2,1-4H3,(H,26,28)(H,27,29)/t19-/m0/s1. The van der Waals surface area contributed by atoms with Crippen molar-refractivity contribution in [1.29, 1.82) is 0 Å². The summed E-state index contributed by atoms with van der Waals surface area (Å²) in [7, 11) is -4.15. The number of ether oxygens (including phenoxy) is 1. The quantitative estimate of drug-likeness (QED) is 0.416. The lowest BCUT2D eigenvalue weighted by Gasteiger charge is -2.31. The van der Waals surface area contributed by atoms with Crippen molar-refractivity contribution in [1.82, 2.24) is 10.0 Å². The fourth-order valence-corrected chi connectivity index (χ4v) is 5.90. The van der Waals surface area contributed by atoms with Gasteiger partial charge >= 0.3 is 6.09 Å². The van der Waals surface area contributed by atoms with Gasteiger partial charge in [-0.25, -0.2) is 26.7 Å². The molecular weight excluding hydrogens is 488 g/mol. The van der Waals surface area contributed by atoms with Crippen LogP contribution in [0, 0.1) is 5.92 Å². The number of hydrogen-bond donors (Lipinski definition) is 3. The normalized spacial score (nSPS) is 16.2. The molecule has 0 heterocycles. The van der Waals surface area contributed by atoms with Crippen molar-refractivity contribution in [2.45, 2.75) is 80.7 Å². The van der Waals surface area contributed by atoms with Gasteiger partial charge < -0.3 is 15.4 Å². The van der Waals surface area contributed by atoms with Gasteiger partial charge in [0, 0.05) is 10.6 Å². The zero-order valence-corrected chi connectivity index (χ0v) is 21.5. The van der Waals surface area contributed by atoms with Crippen LogP contribution in [-0.2, 0) is 19.6 Å². The molecule has 2 rings (SSSR count). The molecule has 1 fully saturated rings. The number of alkyl carbamates (subject to hydrolysis) is 1. The zero-order chi connectivity index (χ0) is 25.5. The van der Waals surface area contributed by atoms with Gasteiger partial charge in [0.2, 0.25) is 15.9 Å². The Morgan fingerprint density at radius 1 is 1.18 bits per heavy atom. The summed E-state index contributed by atoms with van der Waals surface area (Å²) in [4.78, 5) is 25.7. The Kier molecular flexibility index (Phi) is 10.1. The SMILES string of the molecule is CSc1cc(NC(=O)[C@@H](NC(=O)OC(C)(C)C)C2CCCCC2)ccc1S(=O)(=O)NCC(F)F. The Bertz CT molecular complexity index is 962. The smallest absolute Gasteiger partial charge is 0.408 e. The van der Waals surface area contributed by atoms with Crippen LogP contribution in [0.4, 0.5) is 19.3 Å². The van der Waals surface area contributed by atoms with E-state index in [1.165, 1.54) is 18.2 Å². The van der Waals surface area contributed by atoms with E-state index in [0.29, 0.717) is 5.69 Å². The monoisotopic (exact) mass is 521 g/mol. The molecule has 8 nitrogen and oxygen atoms in total. The maximum atomic E-state index is 13.2. The number of amides is 2. The first-order valence-electron chi connectivity index (χ1n) is 11.1. The Morgan fingerprint density at radius 2 is 1.82 bits per heavy atom. The summed E-state index contributed by atoms with van der Waals surface area (Å²) < 4.78 is 56.9. The van der Waals surface area contributed by atoms with Crippen molar-refractivity contribution in [2.24, 2.45) is 5.92 Å². The molecular formula is C22H33F2N3O5S2. The molecule has 1 aliphatic rings. The van der Waals surface area contributed by atoms with E-state index in [2.05, 4.69) is 10.6 Å². The lowest BCUT2D eigenvalue weighted by Crippen LogP contribution is -2.50. The predicted octanol–water partition coefficient (Wildman–Crippen LogP) is 4.36. The molecule has 3 N–H and O–H groups in total. The van der Waals surface area contributed by atoms with Crippen LogP contribution < -0.4 is 15.4 Å². The Labute approximate surface area is 204 Å². The summed E-state index contributed by atoms with van der Waals surface area (Å²) in [6.07, 6.45) is 2.70. The minimum Gasteiger partial charge on any atom is -0.444 e. The summed E-state index contributed by atoms with van der Waals surface area (Å²) in [5.41, 5.74) is -0.390. The van der Waals surface area contributed by atoms with E-state index < -0.39 is 46.6 Å². The van der Waals surface area contributed by atoms with Crippen LogP contribution >= 0.6 is 11.8 Å². The summed E-state index contributed by atoms with van der Waals surface area (Å²) in [6, 6.07) is 3.29. The van der Waals surface area contributed by atoms with E-state index in [1.54, 1.807) is 27.0 Å². The lowest BCUT2D eigenvalue weighted by atomic mass is 9.83. The summed E-state index contributed by atoms with van der Waals surface area (Å²) >= 11 is 1.10. The molecule has 1 saturated carbocycles. The van der Waals surface area contributed by atoms with E-state index in [0.717, 1.165) is 43.9 Å². The third kappa shape index (κ3) is 8.70. The second kappa shape index (κ2) is 12.2. The summed E-state index contributed by atoms with van der Waals surface area (Å²) in [6.45, 7) is 4.21. The molecule has 192 valence electrons. The van der Waals surface area contributed by atoms with Gasteiger partial charge in [-0.15, -0.1) is 11.8 Å². The number of sulfonamides is 1. The molecule has 1 aliphatic carbocycles. The number of carbonyl (C=O) groups excluding carboxylic acids is 2. The predicted molar refractivity (Wildman–Crippen MR) is 128 cm³/mol. The Balaban J connectivity index is 2.22. The highest BCUT2D eigenvalue weighted by Crippen LogP contribution is 2.30. The summed E-state index contributed by atoms with van der Waals surface area (Å²) in [5.74, 6) is -0.490. The maximum absolute atomic E-state index is 13.2. The second-order valence-corrected chi connectivity index (χ2v) is 11.7. The van der Waals surface area contributed by atoms with Gasteiger partial charge in [-0.2, -0.15) is 0 Å². The molecule has 0 bridgehead atoms. The minimum atomic E-state index is -4.15. The van der Waals surface area contributed by atoms with Gasteiger partial charge in [-0.05, 0) is 64.0 Å². The van der Waals surface area contributed by atoms with E-state index in [4.69, 9.17) is 4.74 Å². The molecule has 0 spiro atoms. The zero-order valence-electron chi connectivity index (χ0n) is 19.8. The van der Waals surface area contributed by atoms with E-state index >= 15 is 0 Å². The van der Waals surface area contributed by atoms with Crippen molar-refractivity contribution in [3.8, 4) is 0 Å². The molecule has 2 amide bonds. The number of benzene rings is 1. The fraction of sp³-hybridized carbons (Fsp3) is 0.636. The minimum absolute atomic E-state index is 0.0560. The Morgan fingerprint density at radius 3 is 2.38 bits per heavy atom. The fourth-order valence-electron chi connectivity index (χ4n) is 3.74. The number of hydrogen-bond acceptors (Lipinski definition) is 6. The van der Waals surface area contributed by atoms with Crippen molar-refractivity contribution in [3.05, 3.63) is 18.2 Å². The topological polar surface area (TPSA) is 114 Å². The molecule has 1 aromatic carbocycles. The van der Waals surface area contributed by atoms with Crippen molar-refractivity contribution >= 4 is 39.5 Å². The maximum Gasteiger partial charge on any atom is 0.408 e. The second-order valence-electron chi connectivity index (χ2n) is 9.12. The number of halogens is 2. The van der Waals surface area contributed by atoms with Crippen LogP contribution in [-0.4, -0.2) is 51.3 Å². The van der Waals surface area contributed by atoms with Crippen LogP contribution in [0.2, 0.25) is 0 Å². The van der Waals surface area contributed by atoms with Gasteiger partial charge in [-0.3, -0.25) is 4.79 Å². The number of carbonyl (C=O) groups is 2. The van der Waals surface area contributed by atoms with E-state index in [1.807, 2.05) is 4.72 Å². The van der Waals surface area contributed by atoms with E-state index in [-0.39, 0.29) is 15.7 Å². The molecule has 0 aliphatic heterocycles. The number of nitrogens with one attached hydrogen (secondary N) is 3. The van der Waals surface area contributed by atoms with Crippen LogP contribution in [0.1, 0.15) is 52.9 Å². The first kappa shape index (κ1) is 28.3. The average molecular weight is 522 g/mol. The molecule has 12 heteroatoms. The first-order valence-corrected chi connectivity index (χ1v) is 13.8. The third-order valence-corrected chi connectivity index (χ3v) is 7.61. The molecule has 1 atom stereocenters. The largest absolute Gasteiger partial charge is 0.444 e. The molecule has 0 saturated heterocycles. The lowest BCUT2D eigenvalue weighted by molar-refractivity contribution is -0.119. The van der Waals surface area contributed by atoms with Crippen molar-refractivity contribution in [3.63, 3.8) is 0 Å². The molecule has 0 unspecified atom stereocenters. The van der Waals surface area contributed by atoms with Crippen LogP contribution in [0.25, 0.3) is 0 Å². The van der Waals surface area contributed by atoms with Gasteiger partial charge in [0.15, 0.2) is 0 Å². The van der Waals surface area contributed by atoms with Crippen LogP contribution in [0.15, 0.2) is 28.0 Å². The number of rotatable bonds is 9. The highest BCUT2D eigenvalue weighted by atomic mass is 32.2. The molecule has 1 aromatic rings. The van der Waals surface area contributed by atoms with Crippen LogP contribution in [0.3, 0.4) is 0 Å². The van der Waals surface area contributed by atoms with Gasteiger partial charge in [0.25, 0.3) is 6.43 Å². The van der Waals surface area contributed by atoms with Crippen molar-refractivity contribution in [2.75, 3.05) is 18.1 Å². The van der Waals surface area contributed by atoms with Crippen molar-refractivity contribution < 1.29 is 31.5 Å². The third-order valence-electron chi connectivity index (χ3n) is 5.22. The highest BCUT2D eigenvalue weighted by Gasteiger charge is 2.32. The summed E-state index contributed by atoms with van der Waals surface area (Å²) in [5, 5.41) is 5.45. The highest BCUT2D eigenvalue weighted by molar-refractivity contribution is 7.99. The van der Waals surface area contributed by atoms with E-state index in [9.17, 15) is 26.8 Å².